The van der Waals surface area contributed by atoms with Crippen molar-refractivity contribution >= 4 is 21.8 Å². The van der Waals surface area contributed by atoms with Gasteiger partial charge in [-0.05, 0) is 24.6 Å². The van der Waals surface area contributed by atoms with E-state index in [9.17, 15) is 4.79 Å². The number of carbonyl (C=O) groups is 1. The normalized spacial score (nSPS) is 20.5. The molecular weight excluding hydrogens is 332 g/mol. The molecule has 0 aliphatic carbocycles. The van der Waals surface area contributed by atoms with Crippen LogP contribution in [0.15, 0.2) is 28.7 Å². The number of benzene rings is 1. The second-order valence-electron chi connectivity index (χ2n) is 5.16. The van der Waals surface area contributed by atoms with E-state index < -0.39 is 0 Å². The van der Waals surface area contributed by atoms with Crippen LogP contribution in [0.2, 0.25) is 0 Å². The zero-order chi connectivity index (χ0) is 15.2. The smallest absolute Gasteiger partial charge is 0.234 e. The van der Waals surface area contributed by atoms with Crippen LogP contribution in [0.25, 0.3) is 0 Å². The van der Waals surface area contributed by atoms with Gasteiger partial charge in [0.15, 0.2) is 0 Å². The van der Waals surface area contributed by atoms with E-state index in [0.29, 0.717) is 6.54 Å². The molecule has 2 N–H and O–H groups in total. The Kier molecular flexibility index (Phi) is 5.74. The highest BCUT2D eigenvalue weighted by molar-refractivity contribution is 9.10. The van der Waals surface area contributed by atoms with Crippen molar-refractivity contribution < 1.29 is 4.79 Å². The number of nitriles is 1. The summed E-state index contributed by atoms with van der Waals surface area (Å²) < 4.78 is 1.02. The summed E-state index contributed by atoms with van der Waals surface area (Å²) in [5.41, 5.74) is 1.06. The van der Waals surface area contributed by atoms with E-state index in [1.165, 1.54) is 0 Å². The molecule has 0 aromatic heterocycles. The minimum absolute atomic E-state index is 0.0472. The van der Waals surface area contributed by atoms with E-state index in [4.69, 9.17) is 5.26 Å². The number of carbonyl (C=O) groups excluding carboxylic acids is 1. The Balaban J connectivity index is 1.89. The highest BCUT2D eigenvalue weighted by atomic mass is 79.9. The van der Waals surface area contributed by atoms with Gasteiger partial charge in [0.2, 0.25) is 5.91 Å². The molecule has 5 nitrogen and oxygen atoms in total. The predicted octanol–water partition coefficient (Wildman–Crippen LogP) is 1.42. The van der Waals surface area contributed by atoms with Gasteiger partial charge in [-0.25, -0.2) is 0 Å². The minimum Gasteiger partial charge on any atom is -0.348 e. The van der Waals surface area contributed by atoms with Crippen molar-refractivity contribution in [1.29, 1.82) is 5.26 Å². The van der Waals surface area contributed by atoms with Crippen LogP contribution < -0.4 is 10.6 Å². The molecule has 21 heavy (non-hydrogen) atoms. The lowest BCUT2D eigenvalue weighted by Gasteiger charge is -2.31. The first-order valence-corrected chi connectivity index (χ1v) is 7.78. The summed E-state index contributed by atoms with van der Waals surface area (Å²) in [6, 6.07) is 9.84. The molecule has 1 aliphatic rings. The summed E-state index contributed by atoms with van der Waals surface area (Å²) in [4.78, 5) is 14.0. The molecule has 1 amide bonds. The first kappa shape index (κ1) is 16.0. The number of piperazine rings is 1. The standard InChI is InChI=1S/C15H19BrN4O/c1-11(12-2-4-13(16)5-3-12)19-15(21)10-20-7-6-18-9-14(20)8-17/h2-5,11,14,18H,6-7,9-10H2,1H3,(H,19,21). The molecule has 1 aliphatic heterocycles. The Morgan fingerprint density at radius 3 is 2.95 bits per heavy atom. The van der Waals surface area contributed by atoms with Gasteiger partial charge < -0.3 is 10.6 Å². The van der Waals surface area contributed by atoms with E-state index in [1.807, 2.05) is 36.1 Å². The summed E-state index contributed by atoms with van der Waals surface area (Å²) in [6.45, 7) is 4.37. The molecule has 2 atom stereocenters. The third kappa shape index (κ3) is 4.53. The fourth-order valence-corrected chi connectivity index (χ4v) is 2.63. The second kappa shape index (κ2) is 7.55. The molecule has 0 saturated carbocycles. The molecule has 2 rings (SSSR count). The van der Waals surface area contributed by atoms with Crippen molar-refractivity contribution in [3.8, 4) is 6.07 Å². The van der Waals surface area contributed by atoms with E-state index >= 15 is 0 Å². The van der Waals surface area contributed by atoms with Crippen LogP contribution in [-0.4, -0.2) is 43.0 Å². The average molecular weight is 351 g/mol. The highest BCUT2D eigenvalue weighted by Crippen LogP contribution is 2.16. The van der Waals surface area contributed by atoms with E-state index in [2.05, 4.69) is 32.6 Å². The Bertz CT molecular complexity index is 525. The second-order valence-corrected chi connectivity index (χ2v) is 6.08. The molecule has 0 radical (unpaired) electrons. The third-order valence-corrected chi connectivity index (χ3v) is 4.13. The Hall–Kier alpha value is -1.42. The van der Waals surface area contributed by atoms with Crippen molar-refractivity contribution in [2.45, 2.75) is 19.0 Å². The predicted molar refractivity (Wildman–Crippen MR) is 84.5 cm³/mol. The summed E-state index contributed by atoms with van der Waals surface area (Å²) in [5, 5.41) is 15.2. The van der Waals surface area contributed by atoms with Crippen LogP contribution in [-0.2, 0) is 4.79 Å². The molecule has 0 spiro atoms. The number of nitrogens with zero attached hydrogens (tertiary/aromatic N) is 2. The zero-order valence-electron chi connectivity index (χ0n) is 12.0. The van der Waals surface area contributed by atoms with Crippen LogP contribution in [0, 0.1) is 11.3 Å². The molecule has 1 saturated heterocycles. The number of rotatable bonds is 4. The fraction of sp³-hybridized carbons (Fsp3) is 0.467. The topological polar surface area (TPSA) is 68.2 Å². The number of hydrogen-bond donors (Lipinski definition) is 2. The first-order chi connectivity index (χ1) is 10.1. The SMILES string of the molecule is CC(NC(=O)CN1CCNCC1C#N)c1ccc(Br)cc1. The Morgan fingerprint density at radius 2 is 2.29 bits per heavy atom. The monoisotopic (exact) mass is 350 g/mol. The van der Waals surface area contributed by atoms with E-state index in [0.717, 1.165) is 23.1 Å². The maximum atomic E-state index is 12.1. The largest absolute Gasteiger partial charge is 0.348 e. The first-order valence-electron chi connectivity index (χ1n) is 6.99. The van der Waals surface area contributed by atoms with Crippen LogP contribution in [0.4, 0.5) is 0 Å². The van der Waals surface area contributed by atoms with Gasteiger partial charge >= 0.3 is 0 Å². The molecule has 1 aromatic carbocycles. The lowest BCUT2D eigenvalue weighted by molar-refractivity contribution is -0.123. The van der Waals surface area contributed by atoms with Crippen molar-refractivity contribution in [1.82, 2.24) is 15.5 Å². The molecule has 2 unspecified atom stereocenters. The minimum atomic E-state index is -0.229. The lowest BCUT2D eigenvalue weighted by Crippen LogP contribution is -2.53. The third-order valence-electron chi connectivity index (χ3n) is 3.60. The molecule has 6 heteroatoms. The molecule has 1 aromatic rings. The number of hydrogen-bond acceptors (Lipinski definition) is 4. The molecule has 112 valence electrons. The van der Waals surface area contributed by atoms with Gasteiger partial charge in [-0.15, -0.1) is 0 Å². The Labute approximate surface area is 133 Å². The molecule has 0 bridgehead atoms. The fourth-order valence-electron chi connectivity index (χ4n) is 2.37. The molecule has 1 fully saturated rings. The maximum Gasteiger partial charge on any atom is 0.234 e. The van der Waals surface area contributed by atoms with Gasteiger partial charge in [0.25, 0.3) is 0 Å². The summed E-state index contributed by atoms with van der Waals surface area (Å²) >= 11 is 3.40. The number of amides is 1. The average Bonchev–Trinajstić information content (AvgIpc) is 2.48. The Morgan fingerprint density at radius 1 is 1.57 bits per heavy atom. The molecular formula is C15H19BrN4O. The summed E-state index contributed by atoms with van der Waals surface area (Å²) in [7, 11) is 0. The number of halogens is 1. The van der Waals surface area contributed by atoms with Gasteiger partial charge in [0.1, 0.15) is 6.04 Å². The van der Waals surface area contributed by atoms with Crippen molar-refractivity contribution in [2.75, 3.05) is 26.2 Å². The zero-order valence-corrected chi connectivity index (χ0v) is 13.6. The van der Waals surface area contributed by atoms with E-state index in [1.54, 1.807) is 0 Å². The van der Waals surface area contributed by atoms with Crippen LogP contribution >= 0.6 is 15.9 Å². The summed E-state index contributed by atoms with van der Waals surface area (Å²) in [6.07, 6.45) is 0. The van der Waals surface area contributed by atoms with Crippen molar-refractivity contribution in [3.63, 3.8) is 0 Å². The van der Waals surface area contributed by atoms with Crippen molar-refractivity contribution in [3.05, 3.63) is 34.3 Å². The lowest BCUT2D eigenvalue weighted by atomic mass is 10.1. The maximum absolute atomic E-state index is 12.1. The number of nitrogens with one attached hydrogen (secondary N) is 2. The van der Waals surface area contributed by atoms with Crippen LogP contribution in [0.1, 0.15) is 18.5 Å². The van der Waals surface area contributed by atoms with Crippen molar-refractivity contribution in [2.24, 2.45) is 0 Å². The van der Waals surface area contributed by atoms with Gasteiger partial charge in [0.05, 0.1) is 18.7 Å². The highest BCUT2D eigenvalue weighted by Gasteiger charge is 2.24. The summed E-state index contributed by atoms with van der Waals surface area (Å²) in [5.74, 6) is -0.0485. The van der Waals surface area contributed by atoms with Crippen LogP contribution in [0.5, 0.6) is 0 Å². The van der Waals surface area contributed by atoms with Gasteiger partial charge in [-0.2, -0.15) is 5.26 Å². The van der Waals surface area contributed by atoms with Gasteiger partial charge in [-0.3, -0.25) is 9.69 Å². The van der Waals surface area contributed by atoms with Crippen LogP contribution in [0.3, 0.4) is 0 Å². The van der Waals surface area contributed by atoms with Gasteiger partial charge in [-0.1, -0.05) is 28.1 Å². The molecule has 1 heterocycles. The quantitative estimate of drug-likeness (QED) is 0.861. The van der Waals surface area contributed by atoms with Gasteiger partial charge in [0, 0.05) is 24.1 Å². The van der Waals surface area contributed by atoms with E-state index in [-0.39, 0.29) is 24.5 Å².